The zero-order valence-electron chi connectivity index (χ0n) is 13.7. The molecule has 1 saturated heterocycles. The van der Waals surface area contributed by atoms with Crippen molar-refractivity contribution in [2.45, 2.75) is 45.4 Å². The van der Waals surface area contributed by atoms with E-state index in [-0.39, 0.29) is 24.1 Å². The summed E-state index contributed by atoms with van der Waals surface area (Å²) in [5, 5.41) is 14.3. The number of hydrogen-bond acceptors (Lipinski definition) is 5. The summed E-state index contributed by atoms with van der Waals surface area (Å²) in [5.74, 6) is 3.10. The molecule has 23 heavy (non-hydrogen) atoms. The van der Waals surface area contributed by atoms with Gasteiger partial charge in [-0.25, -0.2) is 4.39 Å². The van der Waals surface area contributed by atoms with Crippen LogP contribution in [0.15, 0.2) is 16.5 Å². The number of aliphatic hydroxyl groups excluding tert-OH is 1. The fourth-order valence-corrected chi connectivity index (χ4v) is 4.61. The van der Waals surface area contributed by atoms with Crippen molar-refractivity contribution in [2.24, 2.45) is 17.0 Å². The quantitative estimate of drug-likeness (QED) is 0.430. The van der Waals surface area contributed by atoms with Crippen LogP contribution < -0.4 is 0 Å². The van der Waals surface area contributed by atoms with E-state index in [9.17, 15) is 14.3 Å². The number of thioether (sulfide) groups is 1. The summed E-state index contributed by atoms with van der Waals surface area (Å²) in [4.78, 5) is 17.5. The van der Waals surface area contributed by atoms with E-state index in [0.29, 0.717) is 36.5 Å². The molecule has 2 unspecified atom stereocenters. The average molecular weight is 343 g/mol. The van der Waals surface area contributed by atoms with Gasteiger partial charge in [0.25, 0.3) is 0 Å². The number of alkyl halides is 1. The summed E-state index contributed by atoms with van der Waals surface area (Å²) in [6.07, 6.45) is 4.67. The molecular formula is C17H26FNO3S. The molecule has 0 amide bonds. The second-order valence-corrected chi connectivity index (χ2v) is 7.35. The molecular weight excluding hydrogens is 317 g/mol. The fourth-order valence-electron chi connectivity index (χ4n) is 3.33. The van der Waals surface area contributed by atoms with E-state index < -0.39 is 6.67 Å². The first-order chi connectivity index (χ1) is 11.2. The van der Waals surface area contributed by atoms with Crippen molar-refractivity contribution in [3.05, 3.63) is 11.3 Å². The van der Waals surface area contributed by atoms with Crippen LogP contribution >= 0.6 is 11.8 Å². The summed E-state index contributed by atoms with van der Waals surface area (Å²) < 4.78 is 12.2. The summed E-state index contributed by atoms with van der Waals surface area (Å²) in [6, 6.07) is 0. The fraction of sp³-hybridized carbons (Fsp3) is 0.765. The highest BCUT2D eigenvalue weighted by atomic mass is 32.2. The summed E-state index contributed by atoms with van der Waals surface area (Å²) in [6.45, 7) is 1.22. The van der Waals surface area contributed by atoms with Gasteiger partial charge in [-0.1, -0.05) is 18.5 Å². The van der Waals surface area contributed by atoms with Crippen LogP contribution in [-0.4, -0.2) is 41.4 Å². The van der Waals surface area contributed by atoms with Crippen molar-refractivity contribution >= 4 is 23.3 Å². The van der Waals surface area contributed by atoms with E-state index in [1.807, 2.05) is 18.7 Å². The Balaban J connectivity index is 2.13. The molecule has 1 aliphatic heterocycles. The molecule has 1 fully saturated rings. The van der Waals surface area contributed by atoms with E-state index in [1.165, 1.54) is 12.2 Å². The summed E-state index contributed by atoms with van der Waals surface area (Å²) >= 11 is 1.94. The topological polar surface area (TPSA) is 58.9 Å². The summed E-state index contributed by atoms with van der Waals surface area (Å²) in [7, 11) is 0. The third-order valence-corrected chi connectivity index (χ3v) is 5.69. The highest BCUT2D eigenvalue weighted by molar-refractivity contribution is 7.99. The smallest absolute Gasteiger partial charge is 0.168 e. The Hall–Kier alpha value is -1.04. The van der Waals surface area contributed by atoms with Gasteiger partial charge in [0.1, 0.15) is 19.0 Å². The molecule has 0 saturated carbocycles. The van der Waals surface area contributed by atoms with Gasteiger partial charge in [0, 0.05) is 12.8 Å². The molecule has 0 radical (unpaired) electrons. The molecule has 2 atom stereocenters. The number of allylic oxidation sites excluding steroid dienone is 2. The van der Waals surface area contributed by atoms with Crippen LogP contribution in [0, 0.1) is 11.8 Å². The molecule has 130 valence electrons. The average Bonchev–Trinajstić information content (AvgIpc) is 2.55. The lowest BCUT2D eigenvalue weighted by atomic mass is 9.76. The van der Waals surface area contributed by atoms with Crippen molar-refractivity contribution in [3.8, 4) is 0 Å². The maximum absolute atomic E-state index is 12.6. The molecule has 6 heteroatoms. The van der Waals surface area contributed by atoms with Gasteiger partial charge >= 0.3 is 0 Å². The first kappa shape index (κ1) is 18.3. The molecule has 0 spiro atoms. The zero-order valence-corrected chi connectivity index (χ0v) is 14.5. The lowest BCUT2D eigenvalue weighted by Crippen LogP contribution is -2.30. The Labute approximate surface area is 141 Å². The van der Waals surface area contributed by atoms with Crippen LogP contribution in [0.1, 0.15) is 45.4 Å². The molecule has 2 rings (SSSR count). The monoisotopic (exact) mass is 343 g/mol. The number of Topliss-reactive ketones (excluding diaryl/α,β-unsaturated/α-hetero) is 1. The Bertz CT molecular complexity index is 472. The number of halogens is 1. The number of carbonyl (C=O) groups is 1. The Kier molecular flexibility index (Phi) is 7.40. The molecule has 0 aromatic carbocycles. The predicted molar refractivity (Wildman–Crippen MR) is 91.7 cm³/mol. The van der Waals surface area contributed by atoms with Gasteiger partial charge in [0.05, 0.1) is 11.3 Å². The molecule has 0 bridgehead atoms. The number of ketones is 1. The van der Waals surface area contributed by atoms with E-state index in [1.54, 1.807) is 0 Å². The standard InChI is InChI=1S/C17H26FNO3S/c1-2-4-14(19-22-7-6-18)17-15(20)9-13(10-16(17)21)12-5-3-8-23-11-12/h12-13,20H,2-11H2,1H3. The molecule has 0 aromatic rings. The van der Waals surface area contributed by atoms with Crippen LogP contribution in [0.3, 0.4) is 0 Å². The van der Waals surface area contributed by atoms with Crippen LogP contribution in [0.4, 0.5) is 4.39 Å². The Morgan fingerprint density at radius 2 is 2.26 bits per heavy atom. The maximum atomic E-state index is 12.6. The second kappa shape index (κ2) is 9.30. The van der Waals surface area contributed by atoms with Crippen LogP contribution in [0.25, 0.3) is 0 Å². The van der Waals surface area contributed by atoms with Crippen LogP contribution in [-0.2, 0) is 9.63 Å². The molecule has 4 nitrogen and oxygen atoms in total. The van der Waals surface area contributed by atoms with Crippen molar-refractivity contribution < 1.29 is 19.1 Å². The van der Waals surface area contributed by atoms with Crippen LogP contribution in [0.5, 0.6) is 0 Å². The van der Waals surface area contributed by atoms with Gasteiger partial charge in [-0.3, -0.25) is 4.79 Å². The van der Waals surface area contributed by atoms with Gasteiger partial charge in [-0.2, -0.15) is 11.8 Å². The number of carbonyl (C=O) groups excluding carboxylic acids is 1. The highest BCUT2D eigenvalue weighted by Crippen LogP contribution is 2.38. The number of rotatable bonds is 7. The van der Waals surface area contributed by atoms with E-state index in [4.69, 9.17) is 4.84 Å². The minimum absolute atomic E-state index is 0.0506. The van der Waals surface area contributed by atoms with Crippen molar-refractivity contribution in [1.29, 1.82) is 0 Å². The Morgan fingerprint density at radius 1 is 1.43 bits per heavy atom. The van der Waals surface area contributed by atoms with Gasteiger partial charge in [-0.15, -0.1) is 0 Å². The molecule has 2 aliphatic rings. The lowest BCUT2D eigenvalue weighted by Gasteiger charge is -2.32. The second-order valence-electron chi connectivity index (χ2n) is 6.20. The lowest BCUT2D eigenvalue weighted by molar-refractivity contribution is -0.117. The number of hydrogen-bond donors (Lipinski definition) is 1. The van der Waals surface area contributed by atoms with Crippen LogP contribution in [0.2, 0.25) is 0 Å². The SMILES string of the molecule is CCCC(=NOCCF)C1=C(O)CC(C2CCCSC2)CC1=O. The number of oxime groups is 1. The van der Waals surface area contributed by atoms with E-state index in [0.717, 1.165) is 18.6 Å². The van der Waals surface area contributed by atoms with Gasteiger partial charge in [0.15, 0.2) is 5.78 Å². The maximum Gasteiger partial charge on any atom is 0.168 e. The van der Waals surface area contributed by atoms with Crippen molar-refractivity contribution in [3.63, 3.8) is 0 Å². The van der Waals surface area contributed by atoms with Gasteiger partial charge in [0.2, 0.25) is 0 Å². The Morgan fingerprint density at radius 3 is 2.87 bits per heavy atom. The van der Waals surface area contributed by atoms with E-state index >= 15 is 0 Å². The van der Waals surface area contributed by atoms with Gasteiger partial charge in [-0.05, 0) is 42.6 Å². The normalized spacial score (nSPS) is 26.5. The third kappa shape index (κ3) is 4.96. The first-order valence-electron chi connectivity index (χ1n) is 8.45. The van der Waals surface area contributed by atoms with Crippen molar-refractivity contribution in [1.82, 2.24) is 0 Å². The summed E-state index contributed by atoms with van der Waals surface area (Å²) in [5.41, 5.74) is 0.769. The highest BCUT2D eigenvalue weighted by Gasteiger charge is 2.35. The minimum atomic E-state index is -0.622. The molecule has 1 aliphatic carbocycles. The minimum Gasteiger partial charge on any atom is -0.511 e. The first-order valence-corrected chi connectivity index (χ1v) is 9.61. The van der Waals surface area contributed by atoms with Crippen molar-refractivity contribution in [2.75, 3.05) is 24.8 Å². The molecule has 0 aromatic heterocycles. The molecule has 1 heterocycles. The predicted octanol–water partition coefficient (Wildman–Crippen LogP) is 4.06. The third-order valence-electron chi connectivity index (χ3n) is 4.45. The van der Waals surface area contributed by atoms with E-state index in [2.05, 4.69) is 5.16 Å². The molecule has 1 N–H and O–H groups in total. The van der Waals surface area contributed by atoms with Gasteiger partial charge < -0.3 is 9.94 Å². The zero-order chi connectivity index (χ0) is 16.7. The largest absolute Gasteiger partial charge is 0.511 e. The number of nitrogens with zero attached hydrogens (tertiary/aromatic N) is 1. The number of aliphatic hydroxyl groups is 1.